The number of amides is 1. The number of anilines is 1. The lowest BCUT2D eigenvalue weighted by Crippen LogP contribution is -2.16. The summed E-state index contributed by atoms with van der Waals surface area (Å²) in [4.78, 5) is 14.9. The molecule has 1 aromatic carbocycles. The molecule has 0 saturated heterocycles. The number of nitrogens with zero attached hydrogens (tertiary/aromatic N) is 2. The van der Waals surface area contributed by atoms with Gasteiger partial charge in [0.25, 0.3) is 5.89 Å². The van der Waals surface area contributed by atoms with E-state index in [2.05, 4.69) is 24.7 Å². The third-order valence-electron chi connectivity index (χ3n) is 2.31. The third kappa shape index (κ3) is 3.35. The summed E-state index contributed by atoms with van der Waals surface area (Å²) < 4.78 is 33.8. The van der Waals surface area contributed by atoms with Crippen molar-refractivity contribution in [2.45, 2.75) is 6.43 Å². The molecule has 1 aromatic heterocycles. The van der Waals surface area contributed by atoms with E-state index >= 15 is 0 Å². The number of alkyl halides is 2. The van der Waals surface area contributed by atoms with Crippen molar-refractivity contribution in [1.82, 2.24) is 10.1 Å². The van der Waals surface area contributed by atoms with E-state index in [1.54, 1.807) is 24.3 Å². The number of rotatable bonds is 5. The normalized spacial score (nSPS) is 10.8. The molecule has 2 aromatic rings. The minimum absolute atomic E-state index is 0.0307. The quantitative estimate of drug-likeness (QED) is 0.910. The summed E-state index contributed by atoms with van der Waals surface area (Å²) in [7, 11) is 1.40. The van der Waals surface area contributed by atoms with Crippen molar-refractivity contribution < 1.29 is 22.8 Å². The van der Waals surface area contributed by atoms with Gasteiger partial charge in [0.15, 0.2) is 0 Å². The van der Waals surface area contributed by atoms with E-state index in [9.17, 15) is 13.6 Å². The predicted octanol–water partition coefficient (Wildman–Crippen LogP) is 2.26. The average molecular weight is 283 g/mol. The number of ether oxygens (including phenoxy) is 1. The van der Waals surface area contributed by atoms with Crippen LogP contribution >= 0.6 is 0 Å². The second-order valence-corrected chi connectivity index (χ2v) is 3.82. The minimum Gasteiger partial charge on any atom is -0.375 e. The van der Waals surface area contributed by atoms with E-state index in [1.165, 1.54) is 7.11 Å². The van der Waals surface area contributed by atoms with E-state index in [4.69, 9.17) is 0 Å². The van der Waals surface area contributed by atoms with Crippen LogP contribution in [0.5, 0.6) is 0 Å². The molecule has 0 fully saturated rings. The lowest BCUT2D eigenvalue weighted by atomic mass is 10.2. The molecular formula is C12H11F2N3O3. The second-order valence-electron chi connectivity index (χ2n) is 3.82. The van der Waals surface area contributed by atoms with Gasteiger partial charge in [-0.3, -0.25) is 4.79 Å². The number of hydrogen-bond donors (Lipinski definition) is 1. The van der Waals surface area contributed by atoms with Crippen molar-refractivity contribution in [2.75, 3.05) is 19.0 Å². The summed E-state index contributed by atoms with van der Waals surface area (Å²) in [5.41, 5.74) is 0.934. The van der Waals surface area contributed by atoms with Gasteiger partial charge in [-0.2, -0.15) is 13.8 Å². The third-order valence-corrected chi connectivity index (χ3v) is 2.31. The molecule has 0 aliphatic rings. The number of benzene rings is 1. The summed E-state index contributed by atoms with van der Waals surface area (Å²) in [6.07, 6.45) is -2.82. The van der Waals surface area contributed by atoms with Gasteiger partial charge in [-0.15, -0.1) is 0 Å². The second kappa shape index (κ2) is 6.20. The Morgan fingerprint density at radius 1 is 1.50 bits per heavy atom. The molecule has 8 heteroatoms. The maximum absolute atomic E-state index is 12.4. The largest absolute Gasteiger partial charge is 0.375 e. The zero-order valence-corrected chi connectivity index (χ0v) is 10.5. The summed E-state index contributed by atoms with van der Waals surface area (Å²) in [5, 5.41) is 6.05. The van der Waals surface area contributed by atoms with Crippen molar-refractivity contribution in [2.24, 2.45) is 0 Å². The molecule has 106 valence electrons. The molecule has 0 aliphatic heterocycles. The Hall–Kier alpha value is -2.35. The Morgan fingerprint density at radius 2 is 2.30 bits per heavy atom. The van der Waals surface area contributed by atoms with Crippen LogP contribution < -0.4 is 5.32 Å². The highest BCUT2D eigenvalue weighted by Gasteiger charge is 2.17. The van der Waals surface area contributed by atoms with Crippen molar-refractivity contribution in [1.29, 1.82) is 0 Å². The standard InChI is InChI=1S/C12H11F2N3O3/c1-19-6-9(18)15-8-4-2-3-7(5-8)11-16-12(10(13)14)20-17-11/h2-5,10H,6H2,1H3,(H,15,18). The smallest absolute Gasteiger partial charge is 0.315 e. The van der Waals surface area contributed by atoms with Gasteiger partial charge in [0.05, 0.1) is 0 Å². The van der Waals surface area contributed by atoms with E-state index in [0.717, 1.165) is 0 Å². The molecule has 0 radical (unpaired) electrons. The molecule has 0 unspecified atom stereocenters. The van der Waals surface area contributed by atoms with Crippen molar-refractivity contribution >= 4 is 11.6 Å². The highest BCUT2D eigenvalue weighted by Crippen LogP contribution is 2.23. The molecule has 0 atom stereocenters. The monoisotopic (exact) mass is 283 g/mol. The van der Waals surface area contributed by atoms with Crippen LogP contribution in [-0.4, -0.2) is 29.8 Å². The first-order valence-corrected chi connectivity index (χ1v) is 5.61. The van der Waals surface area contributed by atoms with Crippen LogP contribution in [0.15, 0.2) is 28.8 Å². The van der Waals surface area contributed by atoms with Crippen LogP contribution in [-0.2, 0) is 9.53 Å². The first-order chi connectivity index (χ1) is 9.60. The Balaban J connectivity index is 2.18. The van der Waals surface area contributed by atoms with E-state index < -0.39 is 12.3 Å². The van der Waals surface area contributed by atoms with Gasteiger partial charge < -0.3 is 14.6 Å². The highest BCUT2D eigenvalue weighted by molar-refractivity contribution is 5.92. The van der Waals surface area contributed by atoms with Gasteiger partial charge >= 0.3 is 6.43 Å². The molecule has 6 nitrogen and oxygen atoms in total. The zero-order chi connectivity index (χ0) is 14.5. The van der Waals surface area contributed by atoms with Crippen LogP contribution in [0.4, 0.5) is 14.5 Å². The average Bonchev–Trinajstić information content (AvgIpc) is 2.89. The molecule has 2 rings (SSSR count). The van der Waals surface area contributed by atoms with E-state index in [0.29, 0.717) is 11.3 Å². The molecular weight excluding hydrogens is 272 g/mol. The van der Waals surface area contributed by atoms with Gasteiger partial charge in [0, 0.05) is 18.4 Å². The molecule has 1 N–H and O–H groups in total. The fraction of sp³-hybridized carbons (Fsp3) is 0.250. The first-order valence-electron chi connectivity index (χ1n) is 5.61. The summed E-state index contributed by atoms with van der Waals surface area (Å²) in [5.74, 6) is -1.04. The zero-order valence-electron chi connectivity index (χ0n) is 10.5. The Labute approximate surface area is 112 Å². The Kier molecular flexibility index (Phi) is 4.36. The molecule has 0 aliphatic carbocycles. The van der Waals surface area contributed by atoms with Crippen molar-refractivity contribution in [3.63, 3.8) is 0 Å². The molecule has 1 amide bonds. The van der Waals surface area contributed by atoms with Crippen molar-refractivity contribution in [3.05, 3.63) is 30.2 Å². The van der Waals surface area contributed by atoms with Crippen LogP contribution in [0.1, 0.15) is 12.3 Å². The summed E-state index contributed by atoms with van der Waals surface area (Å²) in [6, 6.07) is 6.45. The fourth-order valence-corrected chi connectivity index (χ4v) is 1.51. The number of carbonyl (C=O) groups excluding carboxylic acids is 1. The van der Waals surface area contributed by atoms with Crippen LogP contribution in [0.25, 0.3) is 11.4 Å². The van der Waals surface area contributed by atoms with Gasteiger partial charge in [-0.1, -0.05) is 17.3 Å². The number of nitrogens with one attached hydrogen (secondary N) is 1. The molecule has 0 spiro atoms. The van der Waals surface area contributed by atoms with Gasteiger partial charge in [0.2, 0.25) is 11.7 Å². The van der Waals surface area contributed by atoms with Crippen molar-refractivity contribution in [3.8, 4) is 11.4 Å². The van der Waals surface area contributed by atoms with E-state index in [1.807, 2.05) is 0 Å². The lowest BCUT2D eigenvalue weighted by molar-refractivity contribution is -0.119. The highest BCUT2D eigenvalue weighted by atomic mass is 19.3. The molecule has 0 saturated carbocycles. The van der Waals surface area contributed by atoms with Gasteiger partial charge in [-0.25, -0.2) is 0 Å². The Bertz CT molecular complexity index is 601. The number of hydrogen-bond acceptors (Lipinski definition) is 5. The number of methoxy groups -OCH3 is 1. The van der Waals surface area contributed by atoms with E-state index in [-0.39, 0.29) is 18.3 Å². The Morgan fingerprint density at radius 3 is 2.95 bits per heavy atom. The van der Waals surface area contributed by atoms with Gasteiger partial charge in [0.1, 0.15) is 6.61 Å². The maximum atomic E-state index is 12.4. The van der Waals surface area contributed by atoms with Gasteiger partial charge in [-0.05, 0) is 12.1 Å². The molecule has 20 heavy (non-hydrogen) atoms. The minimum atomic E-state index is -2.82. The topological polar surface area (TPSA) is 77.2 Å². The number of carbonyl (C=O) groups is 1. The maximum Gasteiger partial charge on any atom is 0.315 e. The van der Waals surface area contributed by atoms with Crippen LogP contribution in [0.3, 0.4) is 0 Å². The first kappa shape index (κ1) is 14.1. The lowest BCUT2D eigenvalue weighted by Gasteiger charge is -2.05. The summed E-state index contributed by atoms with van der Waals surface area (Å²) in [6.45, 7) is -0.0814. The summed E-state index contributed by atoms with van der Waals surface area (Å²) >= 11 is 0. The molecule has 0 bridgehead atoms. The SMILES string of the molecule is COCC(=O)Nc1cccc(-c2noc(C(F)F)n2)c1. The number of halogens is 2. The number of aromatic nitrogens is 2. The fourth-order valence-electron chi connectivity index (χ4n) is 1.51. The molecule has 1 heterocycles. The van der Waals surface area contributed by atoms with Crippen LogP contribution in [0, 0.1) is 0 Å². The van der Waals surface area contributed by atoms with Crippen LogP contribution in [0.2, 0.25) is 0 Å². The predicted molar refractivity (Wildman–Crippen MR) is 65.2 cm³/mol.